The Bertz CT molecular complexity index is 787. The van der Waals surface area contributed by atoms with E-state index in [2.05, 4.69) is 9.38 Å². The van der Waals surface area contributed by atoms with Crippen LogP contribution in [0.5, 0.6) is 0 Å². The van der Waals surface area contributed by atoms with Crippen LogP contribution in [0.25, 0.3) is 0 Å². The van der Waals surface area contributed by atoms with Gasteiger partial charge in [0, 0.05) is 24.9 Å². The predicted octanol–water partition coefficient (Wildman–Crippen LogP) is 4.62. The molecule has 1 aliphatic carbocycles. The molecule has 1 aromatic heterocycles. The molecule has 1 spiro atoms. The van der Waals surface area contributed by atoms with E-state index in [0.29, 0.717) is 17.6 Å². The minimum atomic E-state index is -1.37. The summed E-state index contributed by atoms with van der Waals surface area (Å²) in [5.74, 6) is 0. The third-order valence-electron chi connectivity index (χ3n) is 4.96. The Balaban J connectivity index is 1.84. The summed E-state index contributed by atoms with van der Waals surface area (Å²) in [6, 6.07) is 0. The van der Waals surface area contributed by atoms with E-state index in [1.165, 1.54) is 11.3 Å². The fraction of sp³-hybridized carbons (Fsp3) is 0.737. The van der Waals surface area contributed by atoms with Gasteiger partial charge < -0.3 is 14.2 Å². The summed E-state index contributed by atoms with van der Waals surface area (Å²) in [6.45, 7) is 12.5. The number of rotatable bonds is 1. The van der Waals surface area contributed by atoms with E-state index >= 15 is 0 Å². The predicted molar refractivity (Wildman–Crippen MR) is 115 cm³/mol. The molecule has 0 N–H and O–H groups in total. The van der Waals surface area contributed by atoms with Crippen LogP contribution >= 0.6 is 22.9 Å². The third-order valence-corrected chi connectivity index (χ3v) is 7.57. The van der Waals surface area contributed by atoms with Crippen molar-refractivity contribution in [1.29, 1.82) is 0 Å². The molecule has 0 bridgehead atoms. The molecule has 1 fully saturated rings. The standard InChI is InChI=1S/C19H28ClN3O3S2/c1-17(2,3)26-16(24)23-9-7-19(8-10-23)11-12-13(27-15(20)21-12)14(19)22-28(25)18(4,5)6/h7-11H2,1-6H3/t28-/m1/s1. The van der Waals surface area contributed by atoms with Gasteiger partial charge in [-0.05, 0) is 54.4 Å². The van der Waals surface area contributed by atoms with Gasteiger partial charge in [-0.2, -0.15) is 0 Å². The second-order valence-electron chi connectivity index (χ2n) is 9.47. The van der Waals surface area contributed by atoms with Crippen molar-refractivity contribution in [3.05, 3.63) is 15.0 Å². The highest BCUT2D eigenvalue weighted by Crippen LogP contribution is 2.48. The molecule has 9 heteroatoms. The Morgan fingerprint density at radius 3 is 2.43 bits per heavy atom. The Morgan fingerprint density at radius 2 is 1.89 bits per heavy atom. The fourth-order valence-corrected chi connectivity index (χ4v) is 5.52. The van der Waals surface area contributed by atoms with Gasteiger partial charge in [0.15, 0.2) is 4.47 Å². The minimum Gasteiger partial charge on any atom is -0.591 e. The van der Waals surface area contributed by atoms with E-state index in [4.69, 9.17) is 16.3 Å². The van der Waals surface area contributed by atoms with Crippen LogP contribution in [-0.4, -0.2) is 49.7 Å². The van der Waals surface area contributed by atoms with Gasteiger partial charge in [-0.15, -0.1) is 11.3 Å². The van der Waals surface area contributed by atoms with E-state index in [1.807, 2.05) is 41.5 Å². The van der Waals surface area contributed by atoms with Crippen molar-refractivity contribution in [3.8, 4) is 0 Å². The Morgan fingerprint density at radius 1 is 1.29 bits per heavy atom. The molecule has 0 aromatic carbocycles. The molecule has 1 aliphatic heterocycles. The molecular weight excluding hydrogens is 418 g/mol. The summed E-state index contributed by atoms with van der Waals surface area (Å²) < 4.78 is 23.0. The number of piperidine rings is 1. The van der Waals surface area contributed by atoms with Gasteiger partial charge in [-0.3, -0.25) is 0 Å². The van der Waals surface area contributed by atoms with Crippen LogP contribution in [0.4, 0.5) is 4.79 Å². The first kappa shape index (κ1) is 21.9. The molecule has 6 nitrogen and oxygen atoms in total. The summed E-state index contributed by atoms with van der Waals surface area (Å²) in [4.78, 5) is 19.6. The lowest BCUT2D eigenvalue weighted by molar-refractivity contribution is 0.0159. The molecule has 1 aromatic rings. The number of carbonyl (C=O) groups is 1. The molecule has 3 rings (SSSR count). The number of halogens is 1. The number of hydrogen-bond donors (Lipinski definition) is 0. The molecule has 1 amide bonds. The number of amides is 1. The first-order valence-corrected chi connectivity index (χ1v) is 11.8. The number of likely N-dealkylation sites (tertiary alicyclic amines) is 1. The van der Waals surface area contributed by atoms with Crippen LogP contribution in [0.2, 0.25) is 4.47 Å². The quantitative estimate of drug-likeness (QED) is 0.591. The highest BCUT2D eigenvalue weighted by molar-refractivity contribution is 7.91. The van der Waals surface area contributed by atoms with Gasteiger partial charge in [-0.1, -0.05) is 16.0 Å². The minimum absolute atomic E-state index is 0.238. The van der Waals surface area contributed by atoms with Gasteiger partial charge in [0.05, 0.1) is 10.6 Å². The summed E-state index contributed by atoms with van der Waals surface area (Å²) in [7, 11) is 0. The van der Waals surface area contributed by atoms with Crippen LogP contribution in [0.3, 0.4) is 0 Å². The topological polar surface area (TPSA) is 77.8 Å². The number of thiazole rings is 1. The molecule has 2 aliphatic rings. The maximum atomic E-state index is 12.8. The number of ether oxygens (including phenoxy) is 1. The maximum Gasteiger partial charge on any atom is 0.410 e. The fourth-order valence-electron chi connectivity index (χ4n) is 3.49. The second-order valence-corrected chi connectivity index (χ2v) is 13.0. The van der Waals surface area contributed by atoms with Crippen molar-refractivity contribution < 1.29 is 14.1 Å². The number of fused-ring (bicyclic) bond motifs is 1. The average Bonchev–Trinajstić information content (AvgIpc) is 3.00. The molecule has 1 saturated heterocycles. The molecule has 1 atom stereocenters. The zero-order valence-electron chi connectivity index (χ0n) is 17.3. The summed E-state index contributed by atoms with van der Waals surface area (Å²) in [5, 5.41) is 0. The molecule has 0 radical (unpaired) electrons. The summed E-state index contributed by atoms with van der Waals surface area (Å²) in [5.41, 5.74) is 1.04. The molecule has 0 saturated carbocycles. The van der Waals surface area contributed by atoms with Gasteiger partial charge in [0.25, 0.3) is 0 Å². The van der Waals surface area contributed by atoms with Crippen molar-refractivity contribution >= 4 is 46.1 Å². The smallest absolute Gasteiger partial charge is 0.410 e. The number of aromatic nitrogens is 1. The molecule has 28 heavy (non-hydrogen) atoms. The third kappa shape index (κ3) is 4.50. The number of carbonyl (C=O) groups excluding carboxylic acids is 1. The van der Waals surface area contributed by atoms with Crippen LogP contribution in [0.15, 0.2) is 4.40 Å². The van der Waals surface area contributed by atoms with Crippen molar-refractivity contribution in [3.63, 3.8) is 0 Å². The first-order chi connectivity index (χ1) is 12.8. The van der Waals surface area contributed by atoms with E-state index in [-0.39, 0.29) is 11.5 Å². The Labute approximate surface area is 179 Å². The largest absolute Gasteiger partial charge is 0.591 e. The van der Waals surface area contributed by atoms with Crippen LogP contribution < -0.4 is 0 Å². The lowest BCUT2D eigenvalue weighted by atomic mass is 9.75. The number of hydrogen-bond acceptors (Lipinski definition) is 6. The molecule has 2 heterocycles. The lowest BCUT2D eigenvalue weighted by Gasteiger charge is -2.39. The molecule has 156 valence electrons. The molecule has 0 unspecified atom stereocenters. The van der Waals surface area contributed by atoms with Gasteiger partial charge >= 0.3 is 6.09 Å². The summed E-state index contributed by atoms with van der Waals surface area (Å²) >= 11 is 6.17. The average molecular weight is 446 g/mol. The van der Waals surface area contributed by atoms with Crippen LogP contribution in [0.1, 0.15) is 65.0 Å². The van der Waals surface area contributed by atoms with Crippen LogP contribution in [-0.2, 0) is 22.5 Å². The van der Waals surface area contributed by atoms with Gasteiger partial charge in [-0.25, -0.2) is 9.78 Å². The van der Waals surface area contributed by atoms with Crippen LogP contribution in [0, 0.1) is 5.41 Å². The van der Waals surface area contributed by atoms with E-state index < -0.39 is 21.7 Å². The van der Waals surface area contributed by atoms with Crippen molar-refractivity contribution in [2.75, 3.05) is 13.1 Å². The number of nitrogens with zero attached hydrogens (tertiary/aromatic N) is 3. The normalized spacial score (nSPS) is 21.9. The highest BCUT2D eigenvalue weighted by atomic mass is 35.5. The maximum absolute atomic E-state index is 12.8. The van der Waals surface area contributed by atoms with Crippen molar-refractivity contribution in [2.24, 2.45) is 9.81 Å². The zero-order valence-corrected chi connectivity index (χ0v) is 19.7. The Kier molecular flexibility index (Phi) is 5.82. The van der Waals surface area contributed by atoms with E-state index in [1.54, 1.807) is 4.90 Å². The zero-order chi connectivity index (χ0) is 20.9. The van der Waals surface area contributed by atoms with Crippen molar-refractivity contribution in [1.82, 2.24) is 9.88 Å². The second kappa shape index (κ2) is 7.45. The van der Waals surface area contributed by atoms with Crippen molar-refractivity contribution in [2.45, 2.75) is 71.2 Å². The van der Waals surface area contributed by atoms with E-state index in [9.17, 15) is 9.35 Å². The van der Waals surface area contributed by atoms with Gasteiger partial charge in [0.2, 0.25) is 0 Å². The first-order valence-electron chi connectivity index (χ1n) is 9.45. The highest BCUT2D eigenvalue weighted by Gasteiger charge is 2.50. The Hall–Kier alpha value is -0.830. The molecular formula is C19H28ClN3O3S2. The van der Waals surface area contributed by atoms with E-state index in [0.717, 1.165) is 35.5 Å². The monoisotopic (exact) mass is 445 g/mol. The van der Waals surface area contributed by atoms with Gasteiger partial charge in [0.1, 0.15) is 27.4 Å². The SMILES string of the molecule is CC(C)(C)OC(=O)N1CCC2(CC1)Cc1nc(Cl)sc1C2=N[S@+]([O-])C(C)(C)C. The summed E-state index contributed by atoms with van der Waals surface area (Å²) in [6.07, 6.45) is 1.93. The lowest BCUT2D eigenvalue weighted by Crippen LogP contribution is -2.47.